The van der Waals surface area contributed by atoms with Crippen molar-refractivity contribution in [3.05, 3.63) is 96.7 Å². The Labute approximate surface area is 231 Å². The first-order valence-corrected chi connectivity index (χ1v) is 12.0. The molecule has 10 nitrogen and oxygen atoms in total. The molecule has 0 bridgehead atoms. The van der Waals surface area contributed by atoms with Crippen LogP contribution in [0.2, 0.25) is 0 Å². The molecule has 0 aliphatic heterocycles. The summed E-state index contributed by atoms with van der Waals surface area (Å²) in [6.07, 6.45) is 2.06. The van der Waals surface area contributed by atoms with Crippen LogP contribution in [0.15, 0.2) is 85.6 Å². The highest BCUT2D eigenvalue weighted by Gasteiger charge is 2.38. The molecule has 2 N–H and O–H groups in total. The highest BCUT2D eigenvalue weighted by molar-refractivity contribution is 6.05. The number of alkyl halides is 3. The number of halogens is 3. The Hall–Kier alpha value is -5.51. The maximum absolute atomic E-state index is 13.1. The minimum Gasteiger partial charge on any atom is -0.475 e. The fourth-order valence-electron chi connectivity index (χ4n) is 4.03. The lowest BCUT2D eigenvalue weighted by molar-refractivity contribution is -0.192. The average Bonchev–Trinajstić information content (AvgIpc) is 3.66. The van der Waals surface area contributed by atoms with Crippen LogP contribution in [0, 0.1) is 11.3 Å². The number of aliphatic carboxylic acids is 1. The maximum atomic E-state index is 13.1. The van der Waals surface area contributed by atoms with E-state index >= 15 is 0 Å². The van der Waals surface area contributed by atoms with Gasteiger partial charge in [-0.25, -0.2) is 14.8 Å². The van der Waals surface area contributed by atoms with E-state index in [4.69, 9.17) is 9.90 Å². The second-order valence-corrected chi connectivity index (χ2v) is 8.68. The van der Waals surface area contributed by atoms with Gasteiger partial charge >= 0.3 is 12.1 Å². The lowest BCUT2D eigenvalue weighted by Gasteiger charge is -2.19. The van der Waals surface area contributed by atoms with E-state index in [2.05, 4.69) is 26.1 Å². The standard InChI is InChI=1S/C26H21N7O.C2HF3O2/c1-32(21-8-3-2-4-9-21)26(34)19-7-5-6-18(14-19)23(10-12-27)33-16-20(15-31-33)24-22-11-13-28-25(22)30-17-29-24;3-2(4,5)1(6)7/h2-9,11,13-17,23H,10H2,1H3,(H,28,29,30);(H,6,7). The number of aromatic nitrogens is 5. The van der Waals surface area contributed by atoms with Gasteiger partial charge in [-0.2, -0.15) is 23.5 Å². The molecule has 1 atom stereocenters. The number of nitrogens with one attached hydrogen (secondary N) is 1. The van der Waals surface area contributed by atoms with E-state index in [9.17, 15) is 23.2 Å². The number of hydrogen-bond donors (Lipinski definition) is 2. The number of fused-ring (bicyclic) bond motifs is 1. The summed E-state index contributed by atoms with van der Waals surface area (Å²) in [6.45, 7) is 0. The number of carboxylic acids is 1. The fraction of sp³-hybridized carbons (Fsp3) is 0.143. The van der Waals surface area contributed by atoms with Gasteiger partial charge < -0.3 is 15.0 Å². The molecule has 0 aliphatic rings. The monoisotopic (exact) mass is 561 g/mol. The summed E-state index contributed by atoms with van der Waals surface area (Å²) >= 11 is 0. The number of benzene rings is 2. The van der Waals surface area contributed by atoms with Crippen molar-refractivity contribution in [2.45, 2.75) is 18.6 Å². The van der Waals surface area contributed by atoms with Crippen molar-refractivity contribution in [3.8, 4) is 17.3 Å². The van der Waals surface area contributed by atoms with E-state index in [0.717, 1.165) is 33.5 Å². The third kappa shape index (κ3) is 6.56. The van der Waals surface area contributed by atoms with Crippen molar-refractivity contribution in [2.24, 2.45) is 0 Å². The summed E-state index contributed by atoms with van der Waals surface area (Å²) in [6, 6.07) is 20.7. The molecule has 208 valence electrons. The van der Waals surface area contributed by atoms with Gasteiger partial charge in [0.25, 0.3) is 5.91 Å². The molecule has 0 saturated carbocycles. The molecule has 3 aromatic heterocycles. The van der Waals surface area contributed by atoms with Crippen molar-refractivity contribution in [2.75, 3.05) is 11.9 Å². The Morgan fingerprint density at radius 3 is 2.54 bits per heavy atom. The van der Waals surface area contributed by atoms with Crippen LogP contribution in [0.4, 0.5) is 18.9 Å². The molecule has 1 unspecified atom stereocenters. The van der Waals surface area contributed by atoms with Gasteiger partial charge in [0.2, 0.25) is 0 Å². The first kappa shape index (κ1) is 28.5. The maximum Gasteiger partial charge on any atom is 0.490 e. The molecule has 2 aromatic carbocycles. The second-order valence-electron chi connectivity index (χ2n) is 8.68. The van der Waals surface area contributed by atoms with Gasteiger partial charge in [0, 0.05) is 41.6 Å². The molecule has 3 heterocycles. The topological polar surface area (TPSA) is 141 Å². The zero-order valence-corrected chi connectivity index (χ0v) is 21.4. The predicted octanol–water partition coefficient (Wildman–Crippen LogP) is 5.23. The van der Waals surface area contributed by atoms with Gasteiger partial charge in [-0.1, -0.05) is 30.3 Å². The van der Waals surface area contributed by atoms with E-state index in [1.54, 1.807) is 28.9 Å². The molecular weight excluding hydrogens is 539 g/mol. The van der Waals surface area contributed by atoms with E-state index in [1.807, 2.05) is 67.0 Å². The van der Waals surface area contributed by atoms with Crippen LogP contribution in [0.25, 0.3) is 22.3 Å². The summed E-state index contributed by atoms with van der Waals surface area (Å²) in [5, 5.41) is 22.1. The Kier molecular flexibility index (Phi) is 8.43. The minimum absolute atomic E-state index is 0.124. The number of rotatable bonds is 6. The number of nitrogens with zero attached hydrogens (tertiary/aromatic N) is 6. The zero-order valence-electron chi connectivity index (χ0n) is 21.4. The number of aromatic amines is 1. The molecule has 1 amide bonds. The van der Waals surface area contributed by atoms with Crippen molar-refractivity contribution in [3.63, 3.8) is 0 Å². The Morgan fingerprint density at radius 1 is 1.12 bits per heavy atom. The van der Waals surface area contributed by atoms with Crippen LogP contribution < -0.4 is 4.90 Å². The summed E-state index contributed by atoms with van der Waals surface area (Å²) in [4.78, 5) is 35.4. The molecule has 13 heteroatoms. The van der Waals surface area contributed by atoms with Crippen molar-refractivity contribution in [1.82, 2.24) is 24.7 Å². The molecule has 5 rings (SSSR count). The van der Waals surface area contributed by atoms with Gasteiger partial charge in [-0.05, 0) is 35.9 Å². The third-order valence-corrected chi connectivity index (χ3v) is 6.04. The molecule has 0 aliphatic carbocycles. The van der Waals surface area contributed by atoms with Crippen LogP contribution in [0.5, 0.6) is 0 Å². The van der Waals surface area contributed by atoms with E-state index in [0.29, 0.717) is 5.56 Å². The van der Waals surface area contributed by atoms with Gasteiger partial charge in [0.15, 0.2) is 0 Å². The average molecular weight is 562 g/mol. The second kappa shape index (κ2) is 12.1. The Bertz CT molecular complexity index is 1710. The highest BCUT2D eigenvalue weighted by Crippen LogP contribution is 2.28. The van der Waals surface area contributed by atoms with Crippen molar-refractivity contribution >= 4 is 28.6 Å². The highest BCUT2D eigenvalue weighted by atomic mass is 19.4. The first-order valence-electron chi connectivity index (χ1n) is 12.0. The minimum atomic E-state index is -5.08. The summed E-state index contributed by atoms with van der Waals surface area (Å²) in [5.41, 5.74) is 4.53. The van der Waals surface area contributed by atoms with Gasteiger partial charge in [0.05, 0.1) is 30.4 Å². The summed E-state index contributed by atoms with van der Waals surface area (Å²) < 4.78 is 33.5. The van der Waals surface area contributed by atoms with Gasteiger partial charge in [-0.15, -0.1) is 0 Å². The van der Waals surface area contributed by atoms with Crippen LogP contribution in [0.1, 0.15) is 28.4 Å². The quantitative estimate of drug-likeness (QED) is 0.289. The predicted molar refractivity (Wildman–Crippen MR) is 143 cm³/mol. The molecule has 0 fully saturated rings. The molecule has 41 heavy (non-hydrogen) atoms. The number of nitriles is 1. The van der Waals surface area contributed by atoms with Crippen molar-refractivity contribution < 1.29 is 27.9 Å². The number of carboxylic acid groups (broad SMARTS) is 1. The normalized spacial score (nSPS) is 11.7. The molecule has 0 radical (unpaired) electrons. The van der Waals surface area contributed by atoms with Gasteiger partial charge in [0.1, 0.15) is 12.0 Å². The van der Waals surface area contributed by atoms with Crippen LogP contribution in [0.3, 0.4) is 0 Å². The number of para-hydroxylation sites is 1. The fourth-order valence-corrected chi connectivity index (χ4v) is 4.03. The largest absolute Gasteiger partial charge is 0.490 e. The lowest BCUT2D eigenvalue weighted by Crippen LogP contribution is -2.26. The third-order valence-electron chi connectivity index (χ3n) is 6.04. The van der Waals surface area contributed by atoms with Crippen LogP contribution in [-0.4, -0.2) is 54.9 Å². The number of amides is 1. The number of anilines is 1. The van der Waals surface area contributed by atoms with Crippen molar-refractivity contribution in [1.29, 1.82) is 5.26 Å². The molecule has 0 saturated heterocycles. The van der Waals surface area contributed by atoms with Gasteiger partial charge in [-0.3, -0.25) is 9.48 Å². The Morgan fingerprint density at radius 2 is 1.85 bits per heavy atom. The number of carbonyl (C=O) groups excluding carboxylic acids is 1. The zero-order chi connectivity index (χ0) is 29.6. The number of carbonyl (C=O) groups is 2. The molecule has 0 spiro atoms. The SMILES string of the molecule is CN(C(=O)c1cccc(C(CC#N)n2cc(-c3ncnc4[nH]ccc34)cn2)c1)c1ccccc1.O=C(O)C(F)(F)F. The summed E-state index contributed by atoms with van der Waals surface area (Å²) in [5.74, 6) is -2.88. The number of hydrogen-bond acceptors (Lipinski definition) is 6. The summed E-state index contributed by atoms with van der Waals surface area (Å²) in [7, 11) is 1.75. The first-order chi connectivity index (χ1) is 19.6. The smallest absolute Gasteiger partial charge is 0.475 e. The lowest BCUT2D eigenvalue weighted by atomic mass is 10.0. The van der Waals surface area contributed by atoms with E-state index < -0.39 is 12.1 Å². The number of H-pyrrole nitrogens is 1. The van der Waals surface area contributed by atoms with Crippen LogP contribution in [-0.2, 0) is 4.79 Å². The molecule has 5 aromatic rings. The Balaban J connectivity index is 0.000000493. The van der Waals surface area contributed by atoms with E-state index in [-0.39, 0.29) is 18.4 Å². The van der Waals surface area contributed by atoms with E-state index in [1.165, 1.54) is 6.33 Å². The van der Waals surface area contributed by atoms with Crippen LogP contribution >= 0.6 is 0 Å². The molecular formula is C28H22F3N7O3.